The third-order valence-electron chi connectivity index (χ3n) is 6.88. The van der Waals surface area contributed by atoms with Crippen LogP contribution < -0.4 is 15.6 Å². The summed E-state index contributed by atoms with van der Waals surface area (Å²) in [6, 6.07) is 47.5. The van der Waals surface area contributed by atoms with Gasteiger partial charge in [0.1, 0.15) is 8.07 Å². The maximum Gasteiger partial charge on any atom is 0.148 e. The van der Waals surface area contributed by atoms with Crippen LogP contribution in [0.25, 0.3) is 10.9 Å². The Hall–Kier alpha value is -3.49. The van der Waals surface area contributed by atoms with Gasteiger partial charge >= 0.3 is 0 Å². The van der Waals surface area contributed by atoms with Crippen LogP contribution in [-0.4, -0.2) is 13.1 Å². The van der Waals surface area contributed by atoms with Crippen molar-refractivity contribution in [3.8, 4) is 0 Å². The fraction of sp³-hybridized carbons (Fsp3) is 0.129. The van der Waals surface area contributed by atoms with E-state index in [0.717, 1.165) is 18.0 Å². The molecule has 0 aliphatic carbocycles. The Bertz CT molecular complexity index is 1220. The molecule has 1 unspecified atom stereocenters. The van der Waals surface area contributed by atoms with Crippen LogP contribution in [0.4, 0.5) is 0 Å². The molecule has 0 radical (unpaired) electrons. The van der Waals surface area contributed by atoms with Gasteiger partial charge < -0.3 is 0 Å². The summed E-state index contributed by atoms with van der Waals surface area (Å²) in [4.78, 5) is 5.01. The Balaban J connectivity index is 1.57. The van der Waals surface area contributed by atoms with Crippen molar-refractivity contribution in [3.05, 3.63) is 133 Å². The number of hydrogen-bond donors (Lipinski definition) is 0. The first kappa shape index (κ1) is 21.4. The van der Waals surface area contributed by atoms with E-state index in [1.807, 2.05) is 0 Å². The van der Waals surface area contributed by atoms with Gasteiger partial charge in [0.2, 0.25) is 0 Å². The van der Waals surface area contributed by atoms with Crippen LogP contribution in [0.5, 0.6) is 0 Å². The Morgan fingerprint density at radius 3 is 1.61 bits per heavy atom. The van der Waals surface area contributed by atoms with Crippen molar-refractivity contribution in [2.45, 2.75) is 25.3 Å². The van der Waals surface area contributed by atoms with Gasteiger partial charge in [0.25, 0.3) is 0 Å². The second kappa shape index (κ2) is 9.56. The number of nitrogens with zero attached hydrogens (tertiary/aromatic N) is 1. The van der Waals surface area contributed by atoms with E-state index >= 15 is 0 Å². The van der Waals surface area contributed by atoms with E-state index in [0.29, 0.717) is 5.92 Å². The third-order valence-corrected chi connectivity index (χ3v) is 11.9. The molecular formula is C31H29NSi. The van der Waals surface area contributed by atoms with Gasteiger partial charge in [-0.2, -0.15) is 0 Å². The lowest BCUT2D eigenvalue weighted by molar-refractivity contribution is 0.707. The van der Waals surface area contributed by atoms with Gasteiger partial charge in [-0.05, 0) is 46.1 Å². The molecule has 0 spiro atoms. The predicted molar refractivity (Wildman–Crippen MR) is 144 cm³/mol. The van der Waals surface area contributed by atoms with Crippen LogP contribution in [0.2, 0.25) is 6.04 Å². The molecule has 0 aliphatic heterocycles. The van der Waals surface area contributed by atoms with E-state index in [9.17, 15) is 0 Å². The molecule has 5 rings (SSSR count). The zero-order valence-electron chi connectivity index (χ0n) is 19.1. The van der Waals surface area contributed by atoms with Crippen molar-refractivity contribution >= 4 is 34.5 Å². The monoisotopic (exact) mass is 443 g/mol. The zero-order chi connectivity index (χ0) is 22.5. The van der Waals surface area contributed by atoms with Crippen molar-refractivity contribution < 1.29 is 0 Å². The van der Waals surface area contributed by atoms with E-state index in [1.165, 1.54) is 26.6 Å². The maximum atomic E-state index is 5.01. The summed E-state index contributed by atoms with van der Waals surface area (Å²) >= 11 is 0. The van der Waals surface area contributed by atoms with E-state index < -0.39 is 8.07 Å². The molecule has 162 valence electrons. The molecule has 1 aromatic heterocycles. The van der Waals surface area contributed by atoms with Crippen LogP contribution in [0.1, 0.15) is 25.0 Å². The molecule has 2 heteroatoms. The molecule has 0 fully saturated rings. The zero-order valence-corrected chi connectivity index (χ0v) is 20.1. The number of fused-ring (bicyclic) bond motifs is 1. The maximum absolute atomic E-state index is 5.01. The van der Waals surface area contributed by atoms with Gasteiger partial charge in [0.05, 0.1) is 5.52 Å². The highest BCUT2D eigenvalue weighted by molar-refractivity contribution is 7.11. The van der Waals surface area contributed by atoms with Gasteiger partial charge in [-0.1, -0.05) is 122 Å². The second-order valence-corrected chi connectivity index (χ2v) is 12.9. The summed E-state index contributed by atoms with van der Waals surface area (Å²) in [6.07, 6.45) is 1.09. The molecule has 4 aromatic carbocycles. The SMILES string of the molecule is CC(CC[Si](c1ccccc1)(c1ccccc1)c1ccccc1)c1ccc2ccccc2n1. The van der Waals surface area contributed by atoms with Crippen molar-refractivity contribution in [3.63, 3.8) is 0 Å². The van der Waals surface area contributed by atoms with Crippen LogP contribution in [-0.2, 0) is 0 Å². The van der Waals surface area contributed by atoms with Gasteiger partial charge in [-0.15, -0.1) is 0 Å². The summed E-state index contributed by atoms with van der Waals surface area (Å²) in [5.74, 6) is 0.387. The van der Waals surface area contributed by atoms with Crippen LogP contribution in [0.15, 0.2) is 127 Å². The predicted octanol–water partition coefficient (Wildman–Crippen LogP) is 5.90. The molecule has 0 N–H and O–H groups in total. The van der Waals surface area contributed by atoms with Gasteiger partial charge in [-0.3, -0.25) is 4.98 Å². The van der Waals surface area contributed by atoms with Gasteiger partial charge in [-0.25, -0.2) is 0 Å². The summed E-state index contributed by atoms with van der Waals surface area (Å²) in [5.41, 5.74) is 2.27. The van der Waals surface area contributed by atoms with Crippen molar-refractivity contribution in [1.82, 2.24) is 4.98 Å². The molecule has 0 saturated carbocycles. The fourth-order valence-electron chi connectivity index (χ4n) is 5.04. The summed E-state index contributed by atoms with van der Waals surface area (Å²) in [5, 5.41) is 5.62. The van der Waals surface area contributed by atoms with Crippen molar-refractivity contribution in [1.29, 1.82) is 0 Å². The Labute approximate surface area is 197 Å². The topological polar surface area (TPSA) is 12.9 Å². The lowest BCUT2D eigenvalue weighted by atomic mass is 10.0. The standard InChI is InChI=1S/C31H29NSi/c1-25(30-22-21-26-13-11-12-20-31(26)32-30)23-24-33(27-14-5-2-6-15-27,28-16-7-3-8-17-28)29-18-9-4-10-19-29/h2-22,25H,23-24H2,1H3. The lowest BCUT2D eigenvalue weighted by Crippen LogP contribution is -2.67. The molecule has 0 bridgehead atoms. The number of benzene rings is 4. The Kier molecular flexibility index (Phi) is 6.19. The van der Waals surface area contributed by atoms with Gasteiger partial charge in [0, 0.05) is 11.1 Å². The van der Waals surface area contributed by atoms with Crippen molar-refractivity contribution in [2.75, 3.05) is 0 Å². The van der Waals surface area contributed by atoms with E-state index in [1.54, 1.807) is 0 Å². The molecular weight excluding hydrogens is 414 g/mol. The average molecular weight is 444 g/mol. The first-order valence-electron chi connectivity index (χ1n) is 11.8. The van der Waals surface area contributed by atoms with Crippen LogP contribution in [0, 0.1) is 0 Å². The second-order valence-electron chi connectivity index (χ2n) is 8.87. The molecule has 5 aromatic rings. The summed E-state index contributed by atoms with van der Waals surface area (Å²) in [7, 11) is -2.20. The molecule has 0 saturated heterocycles. The molecule has 1 nitrogen and oxygen atoms in total. The third kappa shape index (κ3) is 4.27. The normalized spacial score (nSPS) is 12.5. The highest BCUT2D eigenvalue weighted by Crippen LogP contribution is 2.26. The van der Waals surface area contributed by atoms with E-state index in [4.69, 9.17) is 4.98 Å². The minimum absolute atomic E-state index is 0.387. The Morgan fingerprint density at radius 2 is 1.06 bits per heavy atom. The molecule has 33 heavy (non-hydrogen) atoms. The first-order valence-corrected chi connectivity index (χ1v) is 14.0. The van der Waals surface area contributed by atoms with Gasteiger partial charge in [0.15, 0.2) is 0 Å². The molecule has 1 atom stereocenters. The number of para-hydroxylation sites is 1. The van der Waals surface area contributed by atoms with E-state index in [2.05, 4.69) is 134 Å². The fourth-order valence-corrected chi connectivity index (χ4v) is 10.1. The number of rotatable bonds is 7. The smallest absolute Gasteiger partial charge is 0.148 e. The van der Waals surface area contributed by atoms with Crippen molar-refractivity contribution in [2.24, 2.45) is 0 Å². The molecule has 0 amide bonds. The largest absolute Gasteiger partial charge is 0.253 e. The number of aromatic nitrogens is 1. The first-order chi connectivity index (χ1) is 16.3. The minimum atomic E-state index is -2.20. The highest BCUT2D eigenvalue weighted by Gasteiger charge is 2.39. The number of hydrogen-bond acceptors (Lipinski definition) is 1. The highest BCUT2D eigenvalue weighted by atomic mass is 28.3. The Morgan fingerprint density at radius 1 is 0.576 bits per heavy atom. The van der Waals surface area contributed by atoms with E-state index in [-0.39, 0.29) is 0 Å². The number of pyridine rings is 1. The minimum Gasteiger partial charge on any atom is -0.253 e. The van der Waals surface area contributed by atoms with Crippen LogP contribution in [0.3, 0.4) is 0 Å². The van der Waals surface area contributed by atoms with Crippen LogP contribution >= 0.6 is 0 Å². The summed E-state index contributed by atoms with van der Waals surface area (Å²) in [6.45, 7) is 2.33. The lowest BCUT2D eigenvalue weighted by Gasteiger charge is -2.34. The molecule has 0 aliphatic rings. The summed E-state index contributed by atoms with van der Waals surface area (Å²) < 4.78 is 0. The quantitative estimate of drug-likeness (QED) is 0.225. The average Bonchev–Trinajstić information content (AvgIpc) is 2.90. The molecule has 1 heterocycles.